The Labute approximate surface area is 117 Å². The highest BCUT2D eigenvalue weighted by Gasteiger charge is 2.12. The van der Waals surface area contributed by atoms with Gasteiger partial charge in [-0.1, -0.05) is 51.8 Å². The topological polar surface area (TPSA) is 26.0 Å². The van der Waals surface area contributed by atoms with Crippen LogP contribution in [0.5, 0.6) is 0 Å². The van der Waals surface area contributed by atoms with Crippen molar-refractivity contribution in [3.8, 4) is 0 Å². The zero-order valence-corrected chi connectivity index (χ0v) is 12.6. The lowest BCUT2D eigenvalue weighted by Gasteiger charge is -2.17. The van der Waals surface area contributed by atoms with Crippen molar-refractivity contribution in [3.63, 3.8) is 0 Å². The van der Waals surface area contributed by atoms with Gasteiger partial charge in [0.05, 0.1) is 6.04 Å². The van der Waals surface area contributed by atoms with Crippen molar-refractivity contribution in [3.05, 3.63) is 68.7 Å². The third-order valence-electron chi connectivity index (χ3n) is 3.31. The fourth-order valence-electron chi connectivity index (χ4n) is 2.14. The van der Waals surface area contributed by atoms with Crippen LogP contribution in [0.3, 0.4) is 0 Å². The van der Waals surface area contributed by atoms with E-state index in [-0.39, 0.29) is 6.04 Å². The second-order valence-corrected chi connectivity index (χ2v) is 5.70. The zero-order chi connectivity index (χ0) is 13.3. The Morgan fingerprint density at radius 3 is 2.33 bits per heavy atom. The molecular formula is C16H18BrN. The SMILES string of the molecule is Cc1ccc(C)c(C(N)c2ccc(Br)c(C)c2)c1. The van der Waals surface area contributed by atoms with E-state index in [4.69, 9.17) is 5.73 Å². The summed E-state index contributed by atoms with van der Waals surface area (Å²) in [6.07, 6.45) is 0. The van der Waals surface area contributed by atoms with E-state index in [1.807, 2.05) is 0 Å². The van der Waals surface area contributed by atoms with Crippen molar-refractivity contribution in [2.24, 2.45) is 5.73 Å². The minimum atomic E-state index is -0.0586. The third kappa shape index (κ3) is 2.65. The fraction of sp³-hybridized carbons (Fsp3) is 0.250. The van der Waals surface area contributed by atoms with Crippen molar-refractivity contribution >= 4 is 15.9 Å². The highest BCUT2D eigenvalue weighted by atomic mass is 79.9. The maximum Gasteiger partial charge on any atom is 0.0554 e. The van der Waals surface area contributed by atoms with E-state index in [0.717, 1.165) is 10.0 Å². The molecule has 0 heterocycles. The first-order valence-electron chi connectivity index (χ1n) is 6.08. The van der Waals surface area contributed by atoms with Crippen LogP contribution in [0.2, 0.25) is 0 Å². The summed E-state index contributed by atoms with van der Waals surface area (Å²) < 4.78 is 1.12. The van der Waals surface area contributed by atoms with Crippen LogP contribution in [-0.4, -0.2) is 0 Å². The summed E-state index contributed by atoms with van der Waals surface area (Å²) in [5.41, 5.74) is 12.5. The average molecular weight is 304 g/mol. The molecule has 0 fully saturated rings. The molecule has 2 rings (SSSR count). The highest BCUT2D eigenvalue weighted by Crippen LogP contribution is 2.26. The van der Waals surface area contributed by atoms with E-state index in [0.29, 0.717) is 0 Å². The Balaban J connectivity index is 2.44. The Hall–Kier alpha value is -1.12. The van der Waals surface area contributed by atoms with E-state index in [1.54, 1.807) is 0 Å². The van der Waals surface area contributed by atoms with Gasteiger partial charge in [-0.25, -0.2) is 0 Å². The van der Waals surface area contributed by atoms with E-state index < -0.39 is 0 Å². The van der Waals surface area contributed by atoms with Gasteiger partial charge >= 0.3 is 0 Å². The van der Waals surface area contributed by atoms with Crippen LogP contribution in [0.1, 0.15) is 33.9 Å². The molecule has 1 atom stereocenters. The standard InChI is InChI=1S/C16H18BrN/c1-10-4-5-11(2)14(8-10)16(18)13-6-7-15(17)12(3)9-13/h4-9,16H,18H2,1-3H3. The lowest BCUT2D eigenvalue weighted by molar-refractivity contribution is 0.857. The molecule has 0 saturated heterocycles. The van der Waals surface area contributed by atoms with Crippen LogP contribution in [0.4, 0.5) is 0 Å². The molecule has 0 bridgehead atoms. The van der Waals surface area contributed by atoms with Gasteiger partial charge in [-0.2, -0.15) is 0 Å². The van der Waals surface area contributed by atoms with Gasteiger partial charge in [0.15, 0.2) is 0 Å². The molecule has 2 N–H and O–H groups in total. The molecule has 0 aliphatic rings. The van der Waals surface area contributed by atoms with E-state index in [1.165, 1.54) is 22.3 Å². The molecule has 2 aromatic rings. The quantitative estimate of drug-likeness (QED) is 0.873. The Morgan fingerprint density at radius 1 is 0.944 bits per heavy atom. The Kier molecular flexibility index (Phi) is 3.88. The summed E-state index contributed by atoms with van der Waals surface area (Å²) >= 11 is 3.52. The first-order valence-corrected chi connectivity index (χ1v) is 6.87. The summed E-state index contributed by atoms with van der Waals surface area (Å²) in [4.78, 5) is 0. The summed E-state index contributed by atoms with van der Waals surface area (Å²) in [6, 6.07) is 12.7. The van der Waals surface area contributed by atoms with Gasteiger partial charge in [0, 0.05) is 4.47 Å². The van der Waals surface area contributed by atoms with Crippen molar-refractivity contribution in [1.29, 1.82) is 0 Å². The van der Waals surface area contributed by atoms with Crippen LogP contribution < -0.4 is 5.73 Å². The van der Waals surface area contributed by atoms with Crippen molar-refractivity contribution < 1.29 is 0 Å². The second-order valence-electron chi connectivity index (χ2n) is 4.85. The zero-order valence-electron chi connectivity index (χ0n) is 11.0. The molecule has 0 aromatic heterocycles. The molecule has 0 spiro atoms. The predicted molar refractivity (Wildman–Crippen MR) is 80.8 cm³/mol. The number of rotatable bonds is 2. The summed E-state index contributed by atoms with van der Waals surface area (Å²) in [5, 5.41) is 0. The maximum atomic E-state index is 6.39. The van der Waals surface area contributed by atoms with E-state index >= 15 is 0 Å². The van der Waals surface area contributed by atoms with Crippen LogP contribution in [0, 0.1) is 20.8 Å². The number of hydrogen-bond donors (Lipinski definition) is 1. The molecule has 0 saturated carbocycles. The van der Waals surface area contributed by atoms with E-state index in [9.17, 15) is 0 Å². The third-order valence-corrected chi connectivity index (χ3v) is 4.20. The van der Waals surface area contributed by atoms with Crippen molar-refractivity contribution in [2.45, 2.75) is 26.8 Å². The first-order chi connectivity index (χ1) is 8.49. The first kappa shape index (κ1) is 13.3. The Bertz CT molecular complexity index is 575. The van der Waals surface area contributed by atoms with Gasteiger partial charge in [-0.3, -0.25) is 0 Å². The number of aryl methyl sites for hydroxylation is 3. The molecule has 0 radical (unpaired) electrons. The van der Waals surface area contributed by atoms with Crippen molar-refractivity contribution in [1.82, 2.24) is 0 Å². The van der Waals surface area contributed by atoms with Crippen LogP contribution in [-0.2, 0) is 0 Å². The average Bonchev–Trinajstić information content (AvgIpc) is 2.35. The maximum absolute atomic E-state index is 6.39. The molecule has 1 nitrogen and oxygen atoms in total. The molecule has 94 valence electrons. The summed E-state index contributed by atoms with van der Waals surface area (Å²) in [7, 11) is 0. The normalized spacial score (nSPS) is 12.5. The molecule has 18 heavy (non-hydrogen) atoms. The van der Waals surface area contributed by atoms with Gasteiger partial charge in [0.1, 0.15) is 0 Å². The van der Waals surface area contributed by atoms with Crippen LogP contribution in [0.15, 0.2) is 40.9 Å². The molecule has 0 amide bonds. The van der Waals surface area contributed by atoms with Gasteiger partial charge < -0.3 is 5.73 Å². The van der Waals surface area contributed by atoms with Gasteiger partial charge in [0.25, 0.3) is 0 Å². The van der Waals surface area contributed by atoms with Crippen LogP contribution >= 0.6 is 15.9 Å². The second kappa shape index (κ2) is 5.25. The molecule has 2 heteroatoms. The lowest BCUT2D eigenvalue weighted by Crippen LogP contribution is -2.13. The monoisotopic (exact) mass is 303 g/mol. The number of hydrogen-bond acceptors (Lipinski definition) is 1. The summed E-state index contributed by atoms with van der Waals surface area (Å²) in [5.74, 6) is 0. The molecule has 2 aromatic carbocycles. The largest absolute Gasteiger partial charge is 0.320 e. The number of benzene rings is 2. The Morgan fingerprint density at radius 2 is 1.67 bits per heavy atom. The molecule has 1 unspecified atom stereocenters. The van der Waals surface area contributed by atoms with Gasteiger partial charge in [0.2, 0.25) is 0 Å². The molecule has 0 aliphatic carbocycles. The minimum Gasteiger partial charge on any atom is -0.320 e. The lowest BCUT2D eigenvalue weighted by atomic mass is 9.93. The molecular weight excluding hydrogens is 286 g/mol. The van der Waals surface area contributed by atoms with Gasteiger partial charge in [-0.15, -0.1) is 0 Å². The highest BCUT2D eigenvalue weighted by molar-refractivity contribution is 9.10. The number of nitrogens with two attached hydrogens (primary N) is 1. The smallest absolute Gasteiger partial charge is 0.0554 e. The fourth-order valence-corrected chi connectivity index (χ4v) is 2.38. The van der Waals surface area contributed by atoms with E-state index in [2.05, 4.69) is 73.1 Å². The van der Waals surface area contributed by atoms with Gasteiger partial charge in [-0.05, 0) is 49.1 Å². The number of halogens is 1. The summed E-state index contributed by atoms with van der Waals surface area (Å²) in [6.45, 7) is 6.30. The van der Waals surface area contributed by atoms with Crippen LogP contribution in [0.25, 0.3) is 0 Å². The predicted octanol–water partition coefficient (Wildman–Crippen LogP) is 4.42. The minimum absolute atomic E-state index is 0.0586. The molecule has 0 aliphatic heterocycles. The van der Waals surface area contributed by atoms with Crippen molar-refractivity contribution in [2.75, 3.05) is 0 Å².